The summed E-state index contributed by atoms with van der Waals surface area (Å²) in [6.07, 6.45) is 2.96. The number of amides is 1. The Kier molecular flexibility index (Phi) is 3.14. The fourth-order valence-electron chi connectivity index (χ4n) is 3.21. The maximum atomic E-state index is 11.4. The Morgan fingerprint density at radius 3 is 2.69 bits per heavy atom. The molecule has 0 aromatic heterocycles. The van der Waals surface area contributed by atoms with Gasteiger partial charge in [0.05, 0.1) is 5.92 Å². The van der Waals surface area contributed by atoms with Crippen LogP contribution in [0.2, 0.25) is 0 Å². The van der Waals surface area contributed by atoms with E-state index in [2.05, 4.69) is 5.32 Å². The molecule has 2 N–H and O–H groups in total. The van der Waals surface area contributed by atoms with Crippen LogP contribution in [0, 0.1) is 17.8 Å². The molecule has 2 bridgehead atoms. The molecule has 0 aromatic carbocycles. The monoisotopic (exact) mass is 227 g/mol. The van der Waals surface area contributed by atoms with Gasteiger partial charge < -0.3 is 15.2 Å². The van der Waals surface area contributed by atoms with Crippen LogP contribution in [0.3, 0.4) is 0 Å². The molecular weight excluding hydrogens is 210 g/mol. The van der Waals surface area contributed by atoms with Gasteiger partial charge in [0.1, 0.15) is 6.61 Å². The number of carboxylic acids is 1. The third-order valence-corrected chi connectivity index (χ3v) is 3.80. The molecule has 0 aliphatic heterocycles. The number of methoxy groups -OCH3 is 1. The van der Waals surface area contributed by atoms with Gasteiger partial charge in [0, 0.05) is 13.2 Å². The molecular formula is C11H17NO4. The molecule has 1 amide bonds. The molecule has 5 heteroatoms. The molecule has 2 aliphatic rings. The van der Waals surface area contributed by atoms with Gasteiger partial charge in [0.15, 0.2) is 0 Å². The van der Waals surface area contributed by atoms with E-state index in [9.17, 15) is 9.59 Å². The summed E-state index contributed by atoms with van der Waals surface area (Å²) >= 11 is 0. The van der Waals surface area contributed by atoms with Crippen LogP contribution in [-0.2, 0) is 14.3 Å². The topological polar surface area (TPSA) is 75.6 Å². The van der Waals surface area contributed by atoms with E-state index in [0.717, 1.165) is 19.3 Å². The van der Waals surface area contributed by atoms with E-state index in [-0.39, 0.29) is 24.5 Å². The fraction of sp³-hybridized carbons (Fsp3) is 0.818. The van der Waals surface area contributed by atoms with E-state index in [0.29, 0.717) is 5.92 Å². The lowest BCUT2D eigenvalue weighted by Crippen LogP contribution is -2.47. The largest absolute Gasteiger partial charge is 0.481 e. The van der Waals surface area contributed by atoms with Gasteiger partial charge in [-0.2, -0.15) is 0 Å². The van der Waals surface area contributed by atoms with Crippen molar-refractivity contribution in [1.82, 2.24) is 5.32 Å². The SMILES string of the molecule is COCC(=O)NC1C2CCC(C2)C1C(=O)O. The summed E-state index contributed by atoms with van der Waals surface area (Å²) in [5.41, 5.74) is 0. The number of ether oxygens (including phenoxy) is 1. The molecule has 90 valence electrons. The summed E-state index contributed by atoms with van der Waals surface area (Å²) in [5, 5.41) is 12.0. The molecule has 4 atom stereocenters. The Hall–Kier alpha value is -1.10. The lowest BCUT2D eigenvalue weighted by molar-refractivity contribution is -0.144. The first-order valence-electron chi connectivity index (χ1n) is 5.64. The van der Waals surface area contributed by atoms with Crippen molar-refractivity contribution in [3.8, 4) is 0 Å². The summed E-state index contributed by atoms with van der Waals surface area (Å²) in [4.78, 5) is 22.6. The molecule has 0 saturated heterocycles. The Labute approximate surface area is 94.2 Å². The second kappa shape index (κ2) is 4.41. The van der Waals surface area contributed by atoms with Crippen molar-refractivity contribution < 1.29 is 19.4 Å². The maximum Gasteiger partial charge on any atom is 0.308 e. The lowest BCUT2D eigenvalue weighted by atomic mass is 9.84. The first-order valence-corrected chi connectivity index (χ1v) is 5.64. The normalized spacial score (nSPS) is 36.3. The average molecular weight is 227 g/mol. The summed E-state index contributed by atoms with van der Waals surface area (Å²) in [5.74, 6) is -0.817. The molecule has 0 aromatic rings. The second-order valence-electron chi connectivity index (χ2n) is 4.72. The van der Waals surface area contributed by atoms with Crippen molar-refractivity contribution in [2.75, 3.05) is 13.7 Å². The number of carboxylic acid groups (broad SMARTS) is 1. The molecule has 0 heterocycles. The van der Waals surface area contributed by atoms with E-state index < -0.39 is 11.9 Å². The third kappa shape index (κ3) is 1.91. The van der Waals surface area contributed by atoms with Gasteiger partial charge in [-0.1, -0.05) is 0 Å². The van der Waals surface area contributed by atoms with E-state index in [1.54, 1.807) is 0 Å². The van der Waals surface area contributed by atoms with Crippen molar-refractivity contribution in [2.45, 2.75) is 25.3 Å². The molecule has 4 unspecified atom stereocenters. The first-order chi connectivity index (χ1) is 7.63. The van der Waals surface area contributed by atoms with E-state index in [1.807, 2.05) is 0 Å². The van der Waals surface area contributed by atoms with Crippen molar-refractivity contribution in [1.29, 1.82) is 0 Å². The van der Waals surface area contributed by atoms with Crippen molar-refractivity contribution in [3.05, 3.63) is 0 Å². The number of carbonyl (C=O) groups excluding carboxylic acids is 1. The van der Waals surface area contributed by atoms with Crippen LogP contribution in [0.5, 0.6) is 0 Å². The quantitative estimate of drug-likeness (QED) is 0.721. The van der Waals surface area contributed by atoms with Crippen LogP contribution in [0.1, 0.15) is 19.3 Å². The van der Waals surface area contributed by atoms with E-state index >= 15 is 0 Å². The highest BCUT2D eigenvalue weighted by Crippen LogP contribution is 2.48. The molecule has 0 radical (unpaired) electrons. The predicted octanol–water partition coefficient (Wildman–Crippen LogP) is 0.248. The van der Waals surface area contributed by atoms with Crippen LogP contribution < -0.4 is 5.32 Å². The number of hydrogen-bond acceptors (Lipinski definition) is 3. The zero-order valence-corrected chi connectivity index (χ0v) is 9.31. The summed E-state index contributed by atoms with van der Waals surface area (Å²) in [7, 11) is 1.45. The third-order valence-electron chi connectivity index (χ3n) is 3.80. The van der Waals surface area contributed by atoms with Gasteiger partial charge in [-0.3, -0.25) is 9.59 Å². The summed E-state index contributed by atoms with van der Waals surface area (Å²) in [6, 6.07) is -0.195. The molecule has 0 spiro atoms. The van der Waals surface area contributed by atoms with Crippen LogP contribution in [0.4, 0.5) is 0 Å². The van der Waals surface area contributed by atoms with Gasteiger partial charge >= 0.3 is 5.97 Å². The van der Waals surface area contributed by atoms with Crippen LogP contribution in [-0.4, -0.2) is 36.7 Å². The van der Waals surface area contributed by atoms with Crippen molar-refractivity contribution in [2.24, 2.45) is 17.8 Å². The molecule has 16 heavy (non-hydrogen) atoms. The molecule has 2 saturated carbocycles. The number of carbonyl (C=O) groups is 2. The highest BCUT2D eigenvalue weighted by molar-refractivity contribution is 5.79. The zero-order valence-electron chi connectivity index (χ0n) is 9.31. The Morgan fingerprint density at radius 2 is 2.06 bits per heavy atom. The van der Waals surface area contributed by atoms with Crippen molar-refractivity contribution >= 4 is 11.9 Å². The van der Waals surface area contributed by atoms with Gasteiger partial charge in [0.25, 0.3) is 0 Å². The van der Waals surface area contributed by atoms with Gasteiger partial charge in [-0.15, -0.1) is 0 Å². The minimum absolute atomic E-state index is 0.000224. The van der Waals surface area contributed by atoms with Crippen LogP contribution in [0.15, 0.2) is 0 Å². The Bertz CT molecular complexity index is 304. The maximum absolute atomic E-state index is 11.4. The predicted molar refractivity (Wildman–Crippen MR) is 55.8 cm³/mol. The van der Waals surface area contributed by atoms with Crippen LogP contribution in [0.25, 0.3) is 0 Å². The summed E-state index contributed by atoms with van der Waals surface area (Å²) < 4.78 is 4.73. The number of hydrogen-bond donors (Lipinski definition) is 2. The van der Waals surface area contributed by atoms with E-state index in [1.165, 1.54) is 7.11 Å². The number of rotatable bonds is 4. The number of aliphatic carboxylic acids is 1. The molecule has 2 fully saturated rings. The summed E-state index contributed by atoms with van der Waals surface area (Å²) in [6.45, 7) is 0.000224. The highest BCUT2D eigenvalue weighted by Gasteiger charge is 2.51. The number of fused-ring (bicyclic) bond motifs is 2. The van der Waals surface area contributed by atoms with Crippen molar-refractivity contribution in [3.63, 3.8) is 0 Å². The smallest absolute Gasteiger partial charge is 0.308 e. The molecule has 2 aliphatic carbocycles. The molecule has 2 rings (SSSR count). The first kappa shape index (κ1) is 11.4. The Balaban J connectivity index is 2.02. The van der Waals surface area contributed by atoms with Gasteiger partial charge in [-0.05, 0) is 31.1 Å². The number of nitrogens with one attached hydrogen (secondary N) is 1. The second-order valence-corrected chi connectivity index (χ2v) is 4.72. The highest BCUT2D eigenvalue weighted by atomic mass is 16.5. The zero-order chi connectivity index (χ0) is 11.7. The fourth-order valence-corrected chi connectivity index (χ4v) is 3.21. The molecule has 5 nitrogen and oxygen atoms in total. The average Bonchev–Trinajstić information content (AvgIpc) is 2.77. The van der Waals surface area contributed by atoms with Gasteiger partial charge in [-0.25, -0.2) is 0 Å². The Morgan fingerprint density at radius 1 is 1.38 bits per heavy atom. The minimum Gasteiger partial charge on any atom is -0.481 e. The lowest BCUT2D eigenvalue weighted by Gasteiger charge is -2.28. The minimum atomic E-state index is -0.782. The van der Waals surface area contributed by atoms with Gasteiger partial charge in [0.2, 0.25) is 5.91 Å². The van der Waals surface area contributed by atoms with E-state index in [4.69, 9.17) is 9.84 Å². The standard InChI is InChI=1S/C11H17NO4/c1-16-5-8(13)12-10-7-3-2-6(4-7)9(10)11(14)15/h6-7,9-10H,2-5H2,1H3,(H,12,13)(H,14,15). The van der Waals surface area contributed by atoms with Crippen LogP contribution >= 0.6 is 0 Å².